The summed E-state index contributed by atoms with van der Waals surface area (Å²) >= 11 is 0. The van der Waals surface area contributed by atoms with Gasteiger partial charge in [-0.3, -0.25) is 4.57 Å². The molecule has 0 aliphatic carbocycles. The fourth-order valence-electron chi connectivity index (χ4n) is 2.31. The van der Waals surface area contributed by atoms with Crippen molar-refractivity contribution in [2.75, 3.05) is 13.7 Å². The van der Waals surface area contributed by atoms with Gasteiger partial charge in [-0.25, -0.2) is 4.79 Å². The molecule has 1 aromatic rings. The lowest BCUT2D eigenvalue weighted by Gasteiger charge is -2.20. The van der Waals surface area contributed by atoms with Crippen molar-refractivity contribution < 1.29 is 14.6 Å². The Bertz CT molecular complexity index is 473. The van der Waals surface area contributed by atoms with Gasteiger partial charge < -0.3 is 14.6 Å². The molecule has 1 fully saturated rings. The monoisotopic (exact) mass is 254 g/mol. The number of hydrogen-bond acceptors (Lipinski definition) is 5. The molecule has 4 atom stereocenters. The number of aliphatic hydroxyl groups excluding tert-OH is 1. The topological polar surface area (TPSA) is 73.6 Å². The van der Waals surface area contributed by atoms with E-state index in [2.05, 4.69) is 4.98 Å². The Labute approximate surface area is 105 Å². The second-order valence-electron chi connectivity index (χ2n) is 4.57. The van der Waals surface area contributed by atoms with Gasteiger partial charge in [0, 0.05) is 24.9 Å². The summed E-state index contributed by atoms with van der Waals surface area (Å²) in [5.41, 5.74) is 0.294. The maximum Gasteiger partial charge on any atom is 0.349 e. The molecule has 1 aromatic heterocycles. The van der Waals surface area contributed by atoms with Crippen molar-refractivity contribution in [3.05, 3.63) is 28.4 Å². The number of aliphatic hydroxyl groups is 1. The standard InChI is InChI=1S/C12H18N2O4/c1-7-4-5-14(12(16)13-7)11-10(17-3)8(2)9(6-15)18-11/h4-5,8-11,15H,6H2,1-3H3. The third kappa shape index (κ3) is 2.19. The van der Waals surface area contributed by atoms with Crippen molar-refractivity contribution in [3.8, 4) is 0 Å². The number of aromatic nitrogens is 2. The third-order valence-electron chi connectivity index (χ3n) is 3.40. The molecule has 100 valence electrons. The molecule has 2 heterocycles. The van der Waals surface area contributed by atoms with Crippen molar-refractivity contribution >= 4 is 0 Å². The zero-order valence-corrected chi connectivity index (χ0v) is 10.7. The number of hydrogen-bond donors (Lipinski definition) is 1. The van der Waals surface area contributed by atoms with Gasteiger partial charge in [0.15, 0.2) is 6.23 Å². The third-order valence-corrected chi connectivity index (χ3v) is 3.40. The van der Waals surface area contributed by atoms with Crippen molar-refractivity contribution in [3.63, 3.8) is 0 Å². The lowest BCUT2D eigenvalue weighted by Crippen LogP contribution is -2.34. The van der Waals surface area contributed by atoms with Crippen molar-refractivity contribution in [1.29, 1.82) is 0 Å². The Balaban J connectivity index is 2.35. The number of rotatable bonds is 3. The van der Waals surface area contributed by atoms with Gasteiger partial charge in [0.25, 0.3) is 0 Å². The minimum Gasteiger partial charge on any atom is -0.394 e. The second-order valence-corrected chi connectivity index (χ2v) is 4.57. The maximum absolute atomic E-state index is 11.8. The highest BCUT2D eigenvalue weighted by atomic mass is 16.6. The van der Waals surface area contributed by atoms with Gasteiger partial charge in [-0.1, -0.05) is 6.92 Å². The Hall–Kier alpha value is -1.24. The summed E-state index contributed by atoms with van der Waals surface area (Å²) in [4.78, 5) is 15.7. The van der Waals surface area contributed by atoms with E-state index in [4.69, 9.17) is 9.47 Å². The van der Waals surface area contributed by atoms with Crippen LogP contribution in [0.25, 0.3) is 0 Å². The first-order valence-electron chi connectivity index (χ1n) is 5.93. The molecular weight excluding hydrogens is 236 g/mol. The molecular formula is C12H18N2O4. The van der Waals surface area contributed by atoms with Crippen LogP contribution in [0.1, 0.15) is 18.8 Å². The lowest BCUT2D eigenvalue weighted by molar-refractivity contribution is -0.0625. The highest BCUT2D eigenvalue weighted by Crippen LogP contribution is 2.34. The van der Waals surface area contributed by atoms with Gasteiger partial charge in [-0.05, 0) is 13.0 Å². The Morgan fingerprint density at radius 1 is 1.61 bits per heavy atom. The lowest BCUT2D eigenvalue weighted by atomic mass is 10.0. The van der Waals surface area contributed by atoms with E-state index in [9.17, 15) is 9.90 Å². The molecule has 6 nitrogen and oxygen atoms in total. The highest BCUT2D eigenvalue weighted by Gasteiger charge is 2.43. The number of methoxy groups -OCH3 is 1. The minimum absolute atomic E-state index is 0.0122. The Morgan fingerprint density at radius 3 is 2.89 bits per heavy atom. The fraction of sp³-hybridized carbons (Fsp3) is 0.667. The van der Waals surface area contributed by atoms with Crippen LogP contribution in [-0.4, -0.2) is 40.6 Å². The van der Waals surface area contributed by atoms with E-state index in [1.54, 1.807) is 26.3 Å². The summed E-state index contributed by atoms with van der Waals surface area (Å²) in [6.07, 6.45) is 0.508. The predicted octanol–water partition coefficient (Wildman–Crippen LogP) is 0.0925. The van der Waals surface area contributed by atoms with Crippen LogP contribution < -0.4 is 5.69 Å². The molecule has 0 radical (unpaired) electrons. The molecule has 0 saturated carbocycles. The molecule has 0 bridgehead atoms. The summed E-state index contributed by atoms with van der Waals surface area (Å²) in [7, 11) is 1.57. The van der Waals surface area contributed by atoms with Crippen LogP contribution in [0.4, 0.5) is 0 Å². The number of ether oxygens (including phenoxy) is 2. The molecule has 2 rings (SSSR count). The van der Waals surface area contributed by atoms with Crippen LogP contribution in [0.15, 0.2) is 17.1 Å². The van der Waals surface area contributed by atoms with E-state index in [-0.39, 0.29) is 30.4 Å². The van der Waals surface area contributed by atoms with Crippen LogP contribution in [0.5, 0.6) is 0 Å². The molecule has 1 saturated heterocycles. The van der Waals surface area contributed by atoms with E-state index < -0.39 is 6.23 Å². The first-order chi connectivity index (χ1) is 8.58. The number of nitrogens with zero attached hydrogens (tertiary/aromatic N) is 2. The molecule has 1 N–H and O–H groups in total. The molecule has 1 aliphatic rings. The van der Waals surface area contributed by atoms with Crippen LogP contribution in [0.2, 0.25) is 0 Å². The predicted molar refractivity (Wildman–Crippen MR) is 64.2 cm³/mol. The summed E-state index contributed by atoms with van der Waals surface area (Å²) in [6, 6.07) is 1.74. The number of aryl methyl sites for hydroxylation is 1. The van der Waals surface area contributed by atoms with E-state index in [0.29, 0.717) is 5.69 Å². The molecule has 0 amide bonds. The van der Waals surface area contributed by atoms with Crippen LogP contribution in [0, 0.1) is 12.8 Å². The Kier molecular flexibility index (Phi) is 3.79. The summed E-state index contributed by atoms with van der Waals surface area (Å²) in [6.45, 7) is 3.60. The molecule has 0 aromatic carbocycles. The van der Waals surface area contributed by atoms with Crippen molar-refractivity contribution in [1.82, 2.24) is 9.55 Å². The van der Waals surface area contributed by atoms with E-state index in [0.717, 1.165) is 0 Å². The van der Waals surface area contributed by atoms with Gasteiger partial charge >= 0.3 is 5.69 Å². The normalized spacial score (nSPS) is 31.8. The summed E-state index contributed by atoms with van der Waals surface area (Å²) in [5.74, 6) is 0.0122. The molecule has 18 heavy (non-hydrogen) atoms. The van der Waals surface area contributed by atoms with Crippen LogP contribution in [-0.2, 0) is 9.47 Å². The summed E-state index contributed by atoms with van der Waals surface area (Å²) in [5, 5.41) is 9.24. The average molecular weight is 254 g/mol. The zero-order valence-electron chi connectivity index (χ0n) is 10.7. The SMILES string of the molecule is COC1C(C)C(CO)OC1n1ccc(C)nc1=O. The molecule has 1 aliphatic heterocycles. The van der Waals surface area contributed by atoms with Crippen LogP contribution >= 0.6 is 0 Å². The fourth-order valence-corrected chi connectivity index (χ4v) is 2.31. The van der Waals surface area contributed by atoms with Crippen molar-refractivity contribution in [2.45, 2.75) is 32.3 Å². The first kappa shape index (κ1) is 13.2. The second kappa shape index (κ2) is 5.17. The first-order valence-corrected chi connectivity index (χ1v) is 5.93. The van der Waals surface area contributed by atoms with Gasteiger partial charge in [0.2, 0.25) is 0 Å². The van der Waals surface area contributed by atoms with E-state index in [1.807, 2.05) is 6.92 Å². The van der Waals surface area contributed by atoms with Crippen molar-refractivity contribution in [2.24, 2.45) is 5.92 Å². The summed E-state index contributed by atoms with van der Waals surface area (Å²) < 4.78 is 12.5. The maximum atomic E-state index is 11.8. The molecule has 0 spiro atoms. The largest absolute Gasteiger partial charge is 0.394 e. The molecule has 6 heteroatoms. The van der Waals surface area contributed by atoms with Gasteiger partial charge in [0.05, 0.1) is 12.7 Å². The van der Waals surface area contributed by atoms with Crippen LogP contribution in [0.3, 0.4) is 0 Å². The quantitative estimate of drug-likeness (QED) is 0.827. The smallest absolute Gasteiger partial charge is 0.349 e. The highest BCUT2D eigenvalue weighted by molar-refractivity contribution is 4.98. The van der Waals surface area contributed by atoms with Gasteiger partial charge in [-0.2, -0.15) is 4.98 Å². The minimum atomic E-state index is -0.539. The van der Waals surface area contributed by atoms with E-state index >= 15 is 0 Å². The van der Waals surface area contributed by atoms with Gasteiger partial charge in [-0.15, -0.1) is 0 Å². The Morgan fingerprint density at radius 2 is 2.33 bits per heavy atom. The van der Waals surface area contributed by atoms with Gasteiger partial charge in [0.1, 0.15) is 6.10 Å². The average Bonchev–Trinajstić information content (AvgIpc) is 2.65. The van der Waals surface area contributed by atoms with E-state index in [1.165, 1.54) is 4.57 Å². The zero-order chi connectivity index (χ0) is 13.3. The molecule has 4 unspecified atom stereocenters.